The van der Waals surface area contributed by atoms with E-state index in [4.69, 9.17) is 14.9 Å². The summed E-state index contributed by atoms with van der Waals surface area (Å²) >= 11 is 0. The van der Waals surface area contributed by atoms with Crippen molar-refractivity contribution < 1.29 is 37.8 Å². The predicted molar refractivity (Wildman–Crippen MR) is 119 cm³/mol. The van der Waals surface area contributed by atoms with Crippen molar-refractivity contribution in [1.82, 2.24) is 14.1 Å². The van der Waals surface area contributed by atoms with Gasteiger partial charge in [-0.2, -0.15) is 4.31 Å². The number of benzene rings is 1. The third-order valence-electron chi connectivity index (χ3n) is 5.12. The van der Waals surface area contributed by atoms with Gasteiger partial charge in [0.15, 0.2) is 5.78 Å². The van der Waals surface area contributed by atoms with Crippen LogP contribution < -0.4 is 0 Å². The number of carboxylic acid groups (broad SMARTS) is 2. The standard InChI is InChI=1S/C17H25N3O4S.C4H4O4/c1-18-6-8-19(9-7-18)14-17(21)15-2-4-16(5-3-15)25(22,23)20-10-12-24-13-11-20;5-3(6)1-2-4(7)8/h2-5H,6-14H2,1H3;1-2H,(H,5,6)(H,7,8)/b;2-1-. The molecule has 0 amide bonds. The fraction of sp³-hybridized carbons (Fsp3) is 0.476. The number of hydrogen-bond donors (Lipinski definition) is 2. The Labute approximate surface area is 192 Å². The van der Waals surface area contributed by atoms with Gasteiger partial charge in [0, 0.05) is 57.0 Å². The molecule has 0 bridgehead atoms. The van der Waals surface area contributed by atoms with Gasteiger partial charge in [-0.3, -0.25) is 9.69 Å². The van der Waals surface area contributed by atoms with Crippen LogP contribution in [0.4, 0.5) is 0 Å². The van der Waals surface area contributed by atoms with Crippen LogP contribution in [-0.2, 0) is 24.3 Å². The minimum absolute atomic E-state index is 0.0277. The summed E-state index contributed by atoms with van der Waals surface area (Å²) in [6.07, 6.45) is 1.12. The molecule has 0 aromatic heterocycles. The molecule has 0 atom stereocenters. The lowest BCUT2D eigenvalue weighted by molar-refractivity contribution is -0.134. The summed E-state index contributed by atoms with van der Waals surface area (Å²) in [4.78, 5) is 36.1. The maximum absolute atomic E-state index is 12.6. The maximum atomic E-state index is 12.6. The number of rotatable bonds is 7. The first-order valence-corrected chi connectivity index (χ1v) is 11.8. The minimum Gasteiger partial charge on any atom is -0.478 e. The van der Waals surface area contributed by atoms with E-state index in [0.29, 0.717) is 50.6 Å². The number of hydrogen-bond acceptors (Lipinski definition) is 8. The van der Waals surface area contributed by atoms with Gasteiger partial charge in [-0.15, -0.1) is 0 Å². The average Bonchev–Trinajstić information content (AvgIpc) is 2.80. The van der Waals surface area contributed by atoms with Gasteiger partial charge in [0.1, 0.15) is 0 Å². The lowest BCUT2D eigenvalue weighted by atomic mass is 10.1. The van der Waals surface area contributed by atoms with Gasteiger partial charge < -0.3 is 19.8 Å². The summed E-state index contributed by atoms with van der Waals surface area (Å²) in [6.45, 7) is 5.63. The summed E-state index contributed by atoms with van der Waals surface area (Å²) in [5, 5.41) is 15.6. The average molecular weight is 484 g/mol. The van der Waals surface area contributed by atoms with Crippen LogP contribution in [0.15, 0.2) is 41.3 Å². The van der Waals surface area contributed by atoms with E-state index in [9.17, 15) is 22.8 Å². The highest BCUT2D eigenvalue weighted by Gasteiger charge is 2.26. The number of Topliss-reactive ketones (excluding diaryl/α,β-unsaturated/α-hetero) is 1. The number of sulfonamides is 1. The van der Waals surface area contributed by atoms with Crippen molar-refractivity contribution in [1.29, 1.82) is 0 Å². The number of ketones is 1. The fourth-order valence-corrected chi connectivity index (χ4v) is 4.60. The van der Waals surface area contributed by atoms with Crippen LogP contribution in [-0.4, -0.2) is 117 Å². The number of aliphatic carboxylic acids is 2. The highest BCUT2D eigenvalue weighted by atomic mass is 32.2. The SMILES string of the molecule is CN1CCN(CC(=O)c2ccc(S(=O)(=O)N3CCOCC3)cc2)CC1.O=C(O)/C=C\C(=O)O. The summed E-state index contributed by atoms with van der Waals surface area (Å²) < 4.78 is 31.8. The molecule has 0 spiro atoms. The van der Waals surface area contributed by atoms with Crippen LogP contribution in [0.25, 0.3) is 0 Å². The van der Waals surface area contributed by atoms with E-state index in [2.05, 4.69) is 16.8 Å². The lowest BCUT2D eigenvalue weighted by Crippen LogP contribution is -2.46. The van der Waals surface area contributed by atoms with Crippen LogP contribution in [0.2, 0.25) is 0 Å². The molecule has 0 radical (unpaired) electrons. The number of carbonyl (C=O) groups excluding carboxylic acids is 1. The number of carboxylic acids is 2. The number of likely N-dealkylation sites (N-methyl/N-ethyl adjacent to an activating group) is 1. The molecule has 2 saturated heterocycles. The highest BCUT2D eigenvalue weighted by Crippen LogP contribution is 2.18. The fourth-order valence-electron chi connectivity index (χ4n) is 3.19. The van der Waals surface area contributed by atoms with E-state index in [-0.39, 0.29) is 10.7 Å². The van der Waals surface area contributed by atoms with Gasteiger partial charge in [0.2, 0.25) is 10.0 Å². The molecular formula is C21H29N3O8S. The van der Waals surface area contributed by atoms with E-state index in [1.165, 1.54) is 16.4 Å². The Morgan fingerprint density at radius 2 is 1.42 bits per heavy atom. The van der Waals surface area contributed by atoms with Crippen molar-refractivity contribution in [3.8, 4) is 0 Å². The zero-order chi connectivity index (χ0) is 24.4. The Bertz CT molecular complexity index is 932. The van der Waals surface area contributed by atoms with Crippen LogP contribution in [0, 0.1) is 0 Å². The molecule has 2 heterocycles. The molecule has 2 aliphatic rings. The monoisotopic (exact) mass is 483 g/mol. The molecule has 11 nitrogen and oxygen atoms in total. The zero-order valence-corrected chi connectivity index (χ0v) is 19.2. The molecule has 33 heavy (non-hydrogen) atoms. The van der Waals surface area contributed by atoms with Gasteiger partial charge in [-0.25, -0.2) is 18.0 Å². The topological polar surface area (TPSA) is 145 Å². The van der Waals surface area contributed by atoms with Crippen LogP contribution in [0.3, 0.4) is 0 Å². The third-order valence-corrected chi connectivity index (χ3v) is 7.03. The molecule has 2 fully saturated rings. The molecular weight excluding hydrogens is 454 g/mol. The van der Waals surface area contributed by atoms with E-state index in [1.54, 1.807) is 12.1 Å². The molecule has 182 valence electrons. The summed E-state index contributed by atoms with van der Waals surface area (Å²) in [7, 11) is -1.44. The smallest absolute Gasteiger partial charge is 0.328 e. The zero-order valence-electron chi connectivity index (χ0n) is 18.4. The van der Waals surface area contributed by atoms with E-state index in [0.717, 1.165) is 26.2 Å². The number of ether oxygens (including phenoxy) is 1. The van der Waals surface area contributed by atoms with Crippen molar-refractivity contribution in [2.75, 3.05) is 66.1 Å². The first-order valence-electron chi connectivity index (χ1n) is 10.4. The van der Waals surface area contributed by atoms with Crippen molar-refractivity contribution in [3.05, 3.63) is 42.0 Å². The van der Waals surface area contributed by atoms with E-state index < -0.39 is 22.0 Å². The first-order chi connectivity index (χ1) is 15.6. The van der Waals surface area contributed by atoms with Crippen molar-refractivity contribution in [3.63, 3.8) is 0 Å². The van der Waals surface area contributed by atoms with Crippen LogP contribution in [0.5, 0.6) is 0 Å². The molecule has 2 N–H and O–H groups in total. The molecule has 0 saturated carbocycles. The first kappa shape index (κ1) is 26.6. The Kier molecular flexibility index (Phi) is 10.1. The molecule has 1 aromatic carbocycles. The highest BCUT2D eigenvalue weighted by molar-refractivity contribution is 7.89. The Balaban J connectivity index is 0.000000414. The van der Waals surface area contributed by atoms with Gasteiger partial charge in [-0.1, -0.05) is 12.1 Å². The predicted octanol–water partition coefficient (Wildman–Crippen LogP) is -0.151. The summed E-state index contributed by atoms with van der Waals surface area (Å²) in [5.74, 6) is -2.49. The van der Waals surface area contributed by atoms with Crippen LogP contribution in [0.1, 0.15) is 10.4 Å². The third kappa shape index (κ3) is 8.67. The van der Waals surface area contributed by atoms with Crippen molar-refractivity contribution in [2.24, 2.45) is 0 Å². The minimum atomic E-state index is -3.51. The summed E-state index contributed by atoms with van der Waals surface area (Å²) in [5.41, 5.74) is 0.555. The lowest BCUT2D eigenvalue weighted by Gasteiger charge is -2.31. The van der Waals surface area contributed by atoms with Gasteiger partial charge in [0.25, 0.3) is 0 Å². The number of carbonyl (C=O) groups is 3. The number of piperazine rings is 1. The quantitative estimate of drug-likeness (QED) is 0.397. The Morgan fingerprint density at radius 1 is 0.909 bits per heavy atom. The van der Waals surface area contributed by atoms with E-state index >= 15 is 0 Å². The van der Waals surface area contributed by atoms with Gasteiger partial charge in [-0.05, 0) is 19.2 Å². The normalized spacial score (nSPS) is 18.5. The van der Waals surface area contributed by atoms with Crippen molar-refractivity contribution in [2.45, 2.75) is 4.90 Å². The number of morpholine rings is 1. The molecule has 0 aliphatic carbocycles. The summed E-state index contributed by atoms with van der Waals surface area (Å²) in [6, 6.07) is 6.29. The molecule has 2 aliphatic heterocycles. The molecule has 3 rings (SSSR count). The largest absolute Gasteiger partial charge is 0.478 e. The number of nitrogens with zero attached hydrogens (tertiary/aromatic N) is 3. The van der Waals surface area contributed by atoms with Gasteiger partial charge >= 0.3 is 11.9 Å². The second-order valence-electron chi connectivity index (χ2n) is 7.55. The maximum Gasteiger partial charge on any atom is 0.328 e. The second kappa shape index (κ2) is 12.6. The van der Waals surface area contributed by atoms with Crippen LogP contribution >= 0.6 is 0 Å². The van der Waals surface area contributed by atoms with E-state index in [1.807, 2.05) is 0 Å². The second-order valence-corrected chi connectivity index (χ2v) is 9.49. The Hall–Kier alpha value is -2.64. The molecule has 0 unspecified atom stereocenters. The molecule has 1 aromatic rings. The van der Waals surface area contributed by atoms with Gasteiger partial charge in [0.05, 0.1) is 24.7 Å². The van der Waals surface area contributed by atoms with Crippen molar-refractivity contribution >= 4 is 27.7 Å². The Morgan fingerprint density at radius 3 is 1.91 bits per heavy atom. The molecule has 12 heteroatoms.